The van der Waals surface area contributed by atoms with E-state index >= 15 is 0 Å². The molecule has 128 valence electrons. The Morgan fingerprint density at radius 1 is 1.35 bits per heavy atom. The fourth-order valence-corrected chi connectivity index (χ4v) is 2.63. The summed E-state index contributed by atoms with van der Waals surface area (Å²) in [6.45, 7) is 3.75. The minimum absolute atomic E-state index is 0.0853. The van der Waals surface area contributed by atoms with E-state index in [9.17, 15) is 13.6 Å². The van der Waals surface area contributed by atoms with Crippen LogP contribution in [-0.4, -0.2) is 47.8 Å². The topological polar surface area (TPSA) is 64.6 Å². The number of carbonyl (C=O) groups excluding carboxylic acids is 1. The van der Waals surface area contributed by atoms with E-state index in [2.05, 4.69) is 15.5 Å². The molecule has 2 rings (SSSR count). The Bertz CT molecular complexity index is 534. The van der Waals surface area contributed by atoms with E-state index in [1.165, 1.54) is 6.07 Å². The third kappa shape index (κ3) is 5.44. The lowest BCUT2D eigenvalue weighted by atomic mass is 10.0. The highest BCUT2D eigenvalue weighted by Crippen LogP contribution is 2.15. The van der Waals surface area contributed by atoms with Crippen LogP contribution in [-0.2, 0) is 6.54 Å². The number of nitrogens with zero attached hydrogens (tertiary/aromatic N) is 1. The number of piperidine rings is 1. The third-order valence-corrected chi connectivity index (χ3v) is 3.96. The van der Waals surface area contributed by atoms with E-state index in [4.69, 9.17) is 5.11 Å². The molecule has 0 aromatic heterocycles. The Morgan fingerprint density at radius 2 is 2.04 bits per heavy atom. The molecule has 1 atom stereocenters. The summed E-state index contributed by atoms with van der Waals surface area (Å²) in [5, 5.41) is 14.4. The minimum atomic E-state index is -0.834. The van der Waals surface area contributed by atoms with Crippen LogP contribution < -0.4 is 10.6 Å². The number of benzene rings is 1. The fraction of sp³-hybridized carbons (Fsp3) is 0.562. The lowest BCUT2D eigenvalue weighted by Crippen LogP contribution is -2.50. The van der Waals surface area contributed by atoms with Crippen molar-refractivity contribution in [3.63, 3.8) is 0 Å². The summed E-state index contributed by atoms with van der Waals surface area (Å²) in [5.74, 6) is -1.66. The Hall–Kier alpha value is -1.73. The van der Waals surface area contributed by atoms with Gasteiger partial charge in [0.1, 0.15) is 0 Å². The van der Waals surface area contributed by atoms with Gasteiger partial charge in [-0.05, 0) is 37.5 Å². The lowest BCUT2D eigenvalue weighted by Gasteiger charge is -2.32. The van der Waals surface area contributed by atoms with Crippen molar-refractivity contribution in [3.05, 3.63) is 35.4 Å². The molecule has 0 bridgehead atoms. The van der Waals surface area contributed by atoms with Crippen LogP contribution in [0.25, 0.3) is 0 Å². The molecule has 0 aliphatic carbocycles. The van der Waals surface area contributed by atoms with Gasteiger partial charge in [-0.15, -0.1) is 0 Å². The van der Waals surface area contributed by atoms with Crippen LogP contribution in [0.4, 0.5) is 13.6 Å². The van der Waals surface area contributed by atoms with Gasteiger partial charge in [0, 0.05) is 25.7 Å². The molecular weight excluding hydrogens is 304 g/mol. The van der Waals surface area contributed by atoms with E-state index in [0.717, 1.165) is 37.6 Å². The van der Waals surface area contributed by atoms with Crippen LogP contribution in [0, 0.1) is 11.6 Å². The van der Waals surface area contributed by atoms with E-state index in [0.29, 0.717) is 6.54 Å². The smallest absolute Gasteiger partial charge is 0.315 e. The Morgan fingerprint density at radius 3 is 2.65 bits per heavy atom. The first-order valence-corrected chi connectivity index (χ1v) is 7.82. The van der Waals surface area contributed by atoms with Gasteiger partial charge in [-0.25, -0.2) is 13.6 Å². The highest BCUT2D eigenvalue weighted by molar-refractivity contribution is 5.74. The zero-order valence-electron chi connectivity index (χ0n) is 13.2. The van der Waals surface area contributed by atoms with Gasteiger partial charge in [0.2, 0.25) is 0 Å². The van der Waals surface area contributed by atoms with Gasteiger partial charge in [-0.2, -0.15) is 0 Å². The largest absolute Gasteiger partial charge is 0.394 e. The summed E-state index contributed by atoms with van der Waals surface area (Å²) < 4.78 is 26.1. The molecule has 1 unspecified atom stereocenters. The summed E-state index contributed by atoms with van der Waals surface area (Å²) in [5.41, 5.74) is 0.741. The predicted octanol–water partition coefficient (Wildman–Crippen LogP) is 1.61. The zero-order valence-corrected chi connectivity index (χ0v) is 13.2. The van der Waals surface area contributed by atoms with Gasteiger partial charge in [0.15, 0.2) is 11.6 Å². The zero-order chi connectivity index (χ0) is 16.8. The summed E-state index contributed by atoms with van der Waals surface area (Å²) >= 11 is 0. The molecule has 0 saturated carbocycles. The van der Waals surface area contributed by atoms with Gasteiger partial charge in [0.05, 0.1) is 12.6 Å². The molecule has 1 aliphatic rings. The van der Waals surface area contributed by atoms with Crippen molar-refractivity contribution in [1.29, 1.82) is 0 Å². The van der Waals surface area contributed by atoms with Crippen LogP contribution in [0.15, 0.2) is 18.2 Å². The molecule has 2 amide bonds. The molecule has 0 radical (unpaired) electrons. The maximum absolute atomic E-state index is 13.2. The van der Waals surface area contributed by atoms with Crippen LogP contribution in [0.3, 0.4) is 0 Å². The van der Waals surface area contributed by atoms with E-state index < -0.39 is 11.6 Å². The van der Waals surface area contributed by atoms with Crippen LogP contribution in [0.1, 0.15) is 25.3 Å². The molecule has 23 heavy (non-hydrogen) atoms. The van der Waals surface area contributed by atoms with Crippen molar-refractivity contribution in [1.82, 2.24) is 15.5 Å². The lowest BCUT2D eigenvalue weighted by molar-refractivity contribution is 0.182. The van der Waals surface area contributed by atoms with Gasteiger partial charge >= 0.3 is 6.03 Å². The second-order valence-corrected chi connectivity index (χ2v) is 6.00. The summed E-state index contributed by atoms with van der Waals surface area (Å²) in [4.78, 5) is 13.9. The Labute approximate surface area is 134 Å². The van der Waals surface area contributed by atoms with E-state index in [1.54, 1.807) is 13.0 Å². The first-order valence-electron chi connectivity index (χ1n) is 7.82. The SMILES string of the molecule is CC(CO)NC(=O)NC1CCN(Cc2ccc(F)c(F)c2)CC1. The number of likely N-dealkylation sites (tertiary alicyclic amines) is 1. The maximum Gasteiger partial charge on any atom is 0.315 e. The maximum atomic E-state index is 13.2. The average Bonchev–Trinajstić information content (AvgIpc) is 2.52. The number of aliphatic hydroxyl groups excluding tert-OH is 1. The molecule has 1 aliphatic heterocycles. The highest BCUT2D eigenvalue weighted by Gasteiger charge is 2.21. The van der Waals surface area contributed by atoms with Crippen molar-refractivity contribution in [2.24, 2.45) is 0 Å². The van der Waals surface area contributed by atoms with Gasteiger partial charge < -0.3 is 15.7 Å². The van der Waals surface area contributed by atoms with Crippen LogP contribution in [0.2, 0.25) is 0 Å². The van der Waals surface area contributed by atoms with Crippen molar-refractivity contribution in [3.8, 4) is 0 Å². The molecule has 7 heteroatoms. The van der Waals surface area contributed by atoms with Crippen molar-refractivity contribution in [2.45, 2.75) is 38.4 Å². The number of carbonyl (C=O) groups is 1. The normalized spacial score (nSPS) is 17.7. The first kappa shape index (κ1) is 17.6. The number of rotatable bonds is 5. The highest BCUT2D eigenvalue weighted by atomic mass is 19.2. The first-order chi connectivity index (χ1) is 11.0. The summed E-state index contributed by atoms with van der Waals surface area (Å²) in [7, 11) is 0. The summed E-state index contributed by atoms with van der Waals surface area (Å²) in [6, 6.07) is 3.50. The van der Waals surface area contributed by atoms with Crippen molar-refractivity contribution >= 4 is 6.03 Å². The van der Waals surface area contributed by atoms with Gasteiger partial charge in [0.25, 0.3) is 0 Å². The van der Waals surface area contributed by atoms with E-state index in [1.807, 2.05) is 0 Å². The fourth-order valence-electron chi connectivity index (χ4n) is 2.63. The van der Waals surface area contributed by atoms with Gasteiger partial charge in [-0.3, -0.25) is 4.90 Å². The molecular formula is C16H23F2N3O2. The predicted molar refractivity (Wildman–Crippen MR) is 82.9 cm³/mol. The number of hydrogen-bond donors (Lipinski definition) is 3. The molecule has 0 spiro atoms. The molecule has 1 aromatic rings. The monoisotopic (exact) mass is 327 g/mol. The van der Waals surface area contributed by atoms with Crippen molar-refractivity contribution < 1.29 is 18.7 Å². The molecule has 3 N–H and O–H groups in total. The minimum Gasteiger partial charge on any atom is -0.394 e. The molecule has 1 fully saturated rings. The number of aliphatic hydroxyl groups is 1. The Balaban J connectivity index is 1.75. The van der Waals surface area contributed by atoms with E-state index in [-0.39, 0.29) is 24.7 Å². The Kier molecular flexibility index (Phi) is 6.29. The van der Waals surface area contributed by atoms with Crippen LogP contribution >= 0.6 is 0 Å². The number of hydrogen-bond acceptors (Lipinski definition) is 3. The molecule has 1 aromatic carbocycles. The number of nitrogens with one attached hydrogen (secondary N) is 2. The summed E-state index contributed by atoms with van der Waals surface area (Å²) in [6.07, 6.45) is 1.59. The number of halogens is 2. The second kappa shape index (κ2) is 8.21. The standard InChI is InChI=1S/C16H23F2N3O2/c1-11(10-22)19-16(23)20-13-4-6-21(7-5-13)9-12-2-3-14(17)15(18)8-12/h2-3,8,11,13,22H,4-7,9-10H2,1H3,(H2,19,20,23). The molecule has 1 heterocycles. The molecule has 5 nitrogen and oxygen atoms in total. The average molecular weight is 327 g/mol. The van der Waals surface area contributed by atoms with Gasteiger partial charge in [-0.1, -0.05) is 6.07 Å². The van der Waals surface area contributed by atoms with Crippen LogP contribution in [0.5, 0.6) is 0 Å². The number of urea groups is 1. The van der Waals surface area contributed by atoms with Crippen molar-refractivity contribution in [2.75, 3.05) is 19.7 Å². The third-order valence-electron chi connectivity index (χ3n) is 3.96. The molecule has 1 saturated heterocycles. The number of amides is 2. The second-order valence-electron chi connectivity index (χ2n) is 6.00. The quantitative estimate of drug-likeness (QED) is 0.770.